The third kappa shape index (κ3) is 4.43. The van der Waals surface area contributed by atoms with E-state index in [2.05, 4.69) is 47.8 Å². The number of benzene rings is 1. The second-order valence-corrected chi connectivity index (χ2v) is 5.90. The van der Waals surface area contributed by atoms with Crippen LogP contribution < -0.4 is 10.1 Å². The van der Waals surface area contributed by atoms with Crippen molar-refractivity contribution in [3.63, 3.8) is 0 Å². The molecular formula is C16H23N3OS. The summed E-state index contributed by atoms with van der Waals surface area (Å²) in [6, 6.07) is 8.33. The number of nitrogens with one attached hydrogen (secondary N) is 1. The summed E-state index contributed by atoms with van der Waals surface area (Å²) in [5, 5.41) is 8.46. The predicted octanol–water partition coefficient (Wildman–Crippen LogP) is 4.45. The van der Waals surface area contributed by atoms with Gasteiger partial charge >= 0.3 is 0 Å². The molecule has 0 bridgehead atoms. The topological polar surface area (TPSA) is 47.0 Å². The molecule has 0 fully saturated rings. The summed E-state index contributed by atoms with van der Waals surface area (Å²) in [5.74, 6) is 1.46. The lowest BCUT2D eigenvalue weighted by Gasteiger charge is -2.10. The lowest BCUT2D eigenvalue weighted by atomic mass is 9.99. The van der Waals surface area contributed by atoms with Crippen LogP contribution >= 0.6 is 11.5 Å². The summed E-state index contributed by atoms with van der Waals surface area (Å²) >= 11 is 1.38. The van der Waals surface area contributed by atoms with Crippen LogP contribution in [0.1, 0.15) is 50.8 Å². The van der Waals surface area contributed by atoms with Crippen LogP contribution in [0, 0.1) is 0 Å². The van der Waals surface area contributed by atoms with Gasteiger partial charge in [-0.05, 0) is 36.5 Å². The van der Waals surface area contributed by atoms with Gasteiger partial charge in [0.1, 0.15) is 23.1 Å². The Bertz CT molecular complexity index is 539. The quantitative estimate of drug-likeness (QED) is 0.782. The van der Waals surface area contributed by atoms with Crippen molar-refractivity contribution in [2.75, 3.05) is 11.9 Å². The molecule has 0 saturated heterocycles. The van der Waals surface area contributed by atoms with E-state index in [1.165, 1.54) is 17.1 Å². The van der Waals surface area contributed by atoms with E-state index in [1.54, 1.807) is 0 Å². The Hall–Kier alpha value is -1.62. The van der Waals surface area contributed by atoms with E-state index in [0.29, 0.717) is 12.5 Å². The van der Waals surface area contributed by atoms with Crippen LogP contribution in [-0.2, 0) is 6.61 Å². The average Bonchev–Trinajstić information content (AvgIpc) is 2.98. The van der Waals surface area contributed by atoms with Gasteiger partial charge in [-0.25, -0.2) is 0 Å². The number of hydrogen-bond acceptors (Lipinski definition) is 5. The molecule has 5 heteroatoms. The molecule has 0 amide bonds. The monoisotopic (exact) mass is 305 g/mol. The Labute approximate surface area is 130 Å². The molecule has 1 N–H and O–H groups in total. The Morgan fingerprint density at radius 2 is 2.00 bits per heavy atom. The highest BCUT2D eigenvalue weighted by atomic mass is 32.1. The molecule has 1 atom stereocenters. The smallest absolute Gasteiger partial charge is 0.136 e. The minimum atomic E-state index is 0.450. The van der Waals surface area contributed by atoms with Gasteiger partial charge in [-0.15, -0.1) is 5.10 Å². The first-order valence-corrected chi connectivity index (χ1v) is 8.29. The van der Waals surface area contributed by atoms with Crippen molar-refractivity contribution in [3.05, 3.63) is 35.5 Å². The summed E-state index contributed by atoms with van der Waals surface area (Å²) in [4.78, 5) is 0. The summed E-state index contributed by atoms with van der Waals surface area (Å²) in [7, 11) is 0. The first-order valence-electron chi connectivity index (χ1n) is 7.52. The van der Waals surface area contributed by atoms with Gasteiger partial charge in [0.15, 0.2) is 0 Å². The van der Waals surface area contributed by atoms with Crippen LogP contribution in [0.3, 0.4) is 0 Å². The first-order chi connectivity index (χ1) is 10.2. The lowest BCUT2D eigenvalue weighted by molar-refractivity contribution is 0.301. The number of ether oxygens (including phenoxy) is 1. The van der Waals surface area contributed by atoms with Crippen LogP contribution in [0.15, 0.2) is 24.3 Å². The Morgan fingerprint density at radius 3 is 2.67 bits per heavy atom. The van der Waals surface area contributed by atoms with Crippen molar-refractivity contribution in [3.8, 4) is 5.75 Å². The van der Waals surface area contributed by atoms with E-state index >= 15 is 0 Å². The van der Waals surface area contributed by atoms with Crippen molar-refractivity contribution < 1.29 is 4.74 Å². The van der Waals surface area contributed by atoms with Crippen molar-refractivity contribution >= 4 is 16.5 Å². The summed E-state index contributed by atoms with van der Waals surface area (Å²) in [5.41, 5.74) is 2.23. The predicted molar refractivity (Wildman–Crippen MR) is 88.2 cm³/mol. The molecule has 0 spiro atoms. The van der Waals surface area contributed by atoms with E-state index in [1.807, 2.05) is 12.1 Å². The molecular weight excluding hydrogens is 282 g/mol. The van der Waals surface area contributed by atoms with Crippen molar-refractivity contribution in [2.45, 2.75) is 46.1 Å². The van der Waals surface area contributed by atoms with Gasteiger partial charge in [0.05, 0.1) is 0 Å². The Kier molecular flexibility index (Phi) is 5.99. The zero-order valence-electron chi connectivity index (χ0n) is 12.9. The van der Waals surface area contributed by atoms with Crippen molar-refractivity contribution in [1.82, 2.24) is 9.59 Å². The molecule has 2 rings (SSSR count). The van der Waals surface area contributed by atoms with E-state index in [4.69, 9.17) is 4.74 Å². The highest BCUT2D eigenvalue weighted by Gasteiger charge is 2.08. The van der Waals surface area contributed by atoms with Gasteiger partial charge in [-0.1, -0.05) is 37.4 Å². The second kappa shape index (κ2) is 7.98. The molecule has 114 valence electrons. The van der Waals surface area contributed by atoms with Gasteiger partial charge in [0, 0.05) is 18.1 Å². The molecule has 0 aliphatic rings. The number of anilines is 1. The molecule has 4 nitrogen and oxygen atoms in total. The van der Waals surface area contributed by atoms with E-state index in [-0.39, 0.29) is 0 Å². The lowest BCUT2D eigenvalue weighted by Crippen LogP contribution is -2.03. The fourth-order valence-electron chi connectivity index (χ4n) is 1.96. The standard InChI is InChI=1S/C16H23N3OS/c1-4-10-17-16-15(18-19-21-16)11-20-14-8-6-13(7-9-14)12(3)5-2/h6-9,12,17H,4-5,10-11H2,1-3H3. The normalized spacial score (nSPS) is 12.1. The van der Waals surface area contributed by atoms with Crippen LogP contribution in [0.25, 0.3) is 0 Å². The third-order valence-electron chi connectivity index (χ3n) is 3.53. The molecule has 0 radical (unpaired) electrons. The van der Waals surface area contributed by atoms with Crippen LogP contribution in [-0.4, -0.2) is 16.1 Å². The highest BCUT2D eigenvalue weighted by Crippen LogP contribution is 2.23. The Morgan fingerprint density at radius 1 is 1.24 bits per heavy atom. The number of aromatic nitrogens is 2. The highest BCUT2D eigenvalue weighted by molar-refractivity contribution is 7.10. The summed E-state index contributed by atoms with van der Waals surface area (Å²) in [6.45, 7) is 7.96. The minimum Gasteiger partial charge on any atom is -0.487 e. The number of nitrogens with zero attached hydrogens (tertiary/aromatic N) is 2. The van der Waals surface area contributed by atoms with Crippen LogP contribution in [0.5, 0.6) is 5.75 Å². The Balaban J connectivity index is 1.92. The molecule has 0 saturated carbocycles. The molecule has 0 aliphatic carbocycles. The molecule has 21 heavy (non-hydrogen) atoms. The number of rotatable bonds is 8. The molecule has 1 aromatic heterocycles. The van der Waals surface area contributed by atoms with E-state index in [9.17, 15) is 0 Å². The largest absolute Gasteiger partial charge is 0.487 e. The molecule has 1 aromatic carbocycles. The maximum absolute atomic E-state index is 5.80. The molecule has 1 unspecified atom stereocenters. The minimum absolute atomic E-state index is 0.450. The van der Waals surface area contributed by atoms with Crippen LogP contribution in [0.2, 0.25) is 0 Å². The van der Waals surface area contributed by atoms with Gasteiger partial charge in [0.25, 0.3) is 0 Å². The van der Waals surface area contributed by atoms with E-state index < -0.39 is 0 Å². The second-order valence-electron chi connectivity index (χ2n) is 5.14. The van der Waals surface area contributed by atoms with Gasteiger partial charge < -0.3 is 10.1 Å². The third-order valence-corrected chi connectivity index (χ3v) is 4.25. The number of hydrogen-bond donors (Lipinski definition) is 1. The molecule has 0 aliphatic heterocycles. The molecule has 1 heterocycles. The van der Waals surface area contributed by atoms with E-state index in [0.717, 1.165) is 35.8 Å². The van der Waals surface area contributed by atoms with Gasteiger partial charge in [-0.2, -0.15) is 0 Å². The zero-order valence-corrected chi connectivity index (χ0v) is 13.7. The van der Waals surface area contributed by atoms with Crippen molar-refractivity contribution in [2.24, 2.45) is 0 Å². The average molecular weight is 305 g/mol. The summed E-state index contributed by atoms with van der Waals surface area (Å²) in [6.07, 6.45) is 2.23. The fraction of sp³-hybridized carbons (Fsp3) is 0.500. The fourth-order valence-corrected chi connectivity index (χ4v) is 2.55. The van der Waals surface area contributed by atoms with Gasteiger partial charge in [-0.3, -0.25) is 0 Å². The van der Waals surface area contributed by atoms with Crippen LogP contribution in [0.4, 0.5) is 5.00 Å². The maximum atomic E-state index is 5.80. The SMILES string of the molecule is CCCNc1snnc1COc1ccc(C(C)CC)cc1. The zero-order chi connectivity index (χ0) is 15.1. The molecule has 2 aromatic rings. The van der Waals surface area contributed by atoms with Crippen molar-refractivity contribution in [1.29, 1.82) is 0 Å². The maximum Gasteiger partial charge on any atom is 0.136 e. The van der Waals surface area contributed by atoms with Gasteiger partial charge in [0.2, 0.25) is 0 Å². The first kappa shape index (κ1) is 15.8. The summed E-state index contributed by atoms with van der Waals surface area (Å²) < 4.78 is 9.79.